The predicted octanol–water partition coefficient (Wildman–Crippen LogP) is 3.74. The Morgan fingerprint density at radius 3 is 1.75 bits per heavy atom. The number of hydrogen-bond donors (Lipinski definition) is 1. The van der Waals surface area contributed by atoms with Gasteiger partial charge in [-0.25, -0.2) is 0 Å². The molecule has 0 aliphatic carbocycles. The van der Waals surface area contributed by atoms with E-state index in [9.17, 15) is 0 Å². The molecule has 0 radical (unpaired) electrons. The van der Waals surface area contributed by atoms with Crippen molar-refractivity contribution in [3.63, 3.8) is 0 Å². The van der Waals surface area contributed by atoms with E-state index in [-0.39, 0.29) is 0 Å². The van der Waals surface area contributed by atoms with Crippen LogP contribution in [0.3, 0.4) is 0 Å². The second-order valence-corrected chi connectivity index (χ2v) is 2.16. The van der Waals surface area contributed by atoms with Gasteiger partial charge < -0.3 is 5.32 Å². The van der Waals surface area contributed by atoms with Crippen LogP contribution in [-0.2, 0) is 0 Å². The van der Waals surface area contributed by atoms with E-state index < -0.39 is 0 Å². The fraction of sp³-hybridized carbons (Fsp3) is 0.636. The molecule has 0 aromatic heterocycles. The number of rotatable bonds is 3. The molecule has 0 spiro atoms. The molecule has 0 aromatic carbocycles. The van der Waals surface area contributed by atoms with Crippen LogP contribution in [0.1, 0.15) is 41.0 Å². The largest absolute Gasteiger partial charge is 0.386 e. The second-order valence-electron chi connectivity index (χ2n) is 2.16. The summed E-state index contributed by atoms with van der Waals surface area (Å²) in [4.78, 5) is 0. The van der Waals surface area contributed by atoms with Crippen LogP contribution in [0.5, 0.6) is 0 Å². The molecule has 0 saturated heterocycles. The Hall–Kier alpha value is -0.720. The SMILES string of the molecule is C=CCNC(=C)C.CC.CCC. The Labute approximate surface area is 78.6 Å². The normalized spacial score (nSPS) is 6.42. The maximum atomic E-state index is 3.63. The third-order valence-electron chi connectivity index (χ3n) is 0.548. The third kappa shape index (κ3) is 59.1. The summed E-state index contributed by atoms with van der Waals surface area (Å²) in [7, 11) is 0. The van der Waals surface area contributed by atoms with Crippen LogP contribution in [-0.4, -0.2) is 6.54 Å². The molecule has 0 amide bonds. The van der Waals surface area contributed by atoms with Gasteiger partial charge in [-0.05, 0) is 6.92 Å². The minimum atomic E-state index is 0.815. The van der Waals surface area contributed by atoms with Crippen molar-refractivity contribution in [3.8, 4) is 0 Å². The van der Waals surface area contributed by atoms with Gasteiger partial charge in [-0.2, -0.15) is 0 Å². The van der Waals surface area contributed by atoms with Gasteiger partial charge in [0.05, 0.1) is 0 Å². The number of hydrogen-bond acceptors (Lipinski definition) is 1. The third-order valence-corrected chi connectivity index (χ3v) is 0.548. The Morgan fingerprint density at radius 1 is 1.33 bits per heavy atom. The maximum absolute atomic E-state index is 3.63. The average Bonchev–Trinajstić information content (AvgIpc) is 2.06. The summed E-state index contributed by atoms with van der Waals surface area (Å²) >= 11 is 0. The molecule has 1 nitrogen and oxygen atoms in total. The summed E-state index contributed by atoms with van der Waals surface area (Å²) in [5.41, 5.74) is 0.986. The molecule has 0 heterocycles. The lowest BCUT2D eigenvalue weighted by molar-refractivity contribution is 0.912. The lowest BCUT2D eigenvalue weighted by Crippen LogP contribution is -2.08. The van der Waals surface area contributed by atoms with Gasteiger partial charge >= 0.3 is 0 Å². The predicted molar refractivity (Wildman–Crippen MR) is 60.3 cm³/mol. The molecule has 0 atom stereocenters. The van der Waals surface area contributed by atoms with Crippen LogP contribution in [0.4, 0.5) is 0 Å². The van der Waals surface area contributed by atoms with Crippen molar-refractivity contribution < 1.29 is 0 Å². The van der Waals surface area contributed by atoms with Gasteiger partial charge in [0.2, 0.25) is 0 Å². The summed E-state index contributed by atoms with van der Waals surface area (Å²) in [5.74, 6) is 0. The zero-order chi connectivity index (χ0) is 10.4. The smallest absolute Gasteiger partial charge is 0.0324 e. The van der Waals surface area contributed by atoms with E-state index in [1.165, 1.54) is 6.42 Å². The van der Waals surface area contributed by atoms with Crippen LogP contribution in [0.2, 0.25) is 0 Å². The van der Waals surface area contributed by atoms with Gasteiger partial charge in [0.1, 0.15) is 0 Å². The molecule has 0 fully saturated rings. The van der Waals surface area contributed by atoms with Gasteiger partial charge in [-0.15, -0.1) is 6.58 Å². The average molecular weight is 171 g/mol. The molecule has 0 rings (SSSR count). The highest BCUT2D eigenvalue weighted by molar-refractivity contribution is 4.87. The molecule has 0 aliphatic heterocycles. The summed E-state index contributed by atoms with van der Waals surface area (Å²) in [6, 6.07) is 0. The molecule has 12 heavy (non-hydrogen) atoms. The number of allylic oxidation sites excluding steroid dienone is 1. The molecule has 74 valence electrons. The first-order valence-electron chi connectivity index (χ1n) is 4.69. The summed E-state index contributed by atoms with van der Waals surface area (Å²) in [5, 5.41) is 2.98. The van der Waals surface area contributed by atoms with Crippen LogP contribution in [0.25, 0.3) is 0 Å². The fourth-order valence-electron chi connectivity index (χ4n) is 0.246. The van der Waals surface area contributed by atoms with E-state index in [1.807, 2.05) is 20.8 Å². The zero-order valence-corrected chi connectivity index (χ0v) is 9.41. The standard InChI is InChI=1S/C6H11N.C3H8.C2H6/c1-4-5-7-6(2)3;1-3-2;1-2/h4,7H,1-2,5H2,3H3;3H2,1-2H3;1-2H3. The number of nitrogens with one attached hydrogen (secondary N) is 1. The Kier molecular flexibility index (Phi) is 32.5. The Balaban J connectivity index is -0.000000137. The van der Waals surface area contributed by atoms with Gasteiger partial charge in [-0.3, -0.25) is 0 Å². The molecule has 0 aromatic rings. The van der Waals surface area contributed by atoms with Crippen molar-refractivity contribution in [3.05, 3.63) is 24.9 Å². The Morgan fingerprint density at radius 2 is 1.67 bits per heavy atom. The van der Waals surface area contributed by atoms with E-state index in [0.29, 0.717) is 0 Å². The van der Waals surface area contributed by atoms with Crippen molar-refractivity contribution in [1.29, 1.82) is 0 Å². The zero-order valence-electron chi connectivity index (χ0n) is 9.41. The van der Waals surface area contributed by atoms with Crippen LogP contribution in [0.15, 0.2) is 24.9 Å². The lowest BCUT2D eigenvalue weighted by Gasteiger charge is -1.96. The lowest BCUT2D eigenvalue weighted by atomic mass is 10.5. The Bertz CT molecular complexity index is 85.0. The minimum Gasteiger partial charge on any atom is -0.386 e. The van der Waals surface area contributed by atoms with E-state index in [1.54, 1.807) is 6.08 Å². The minimum absolute atomic E-state index is 0.815. The van der Waals surface area contributed by atoms with Crippen molar-refractivity contribution in [2.75, 3.05) is 6.54 Å². The van der Waals surface area contributed by atoms with Gasteiger partial charge in [0, 0.05) is 12.2 Å². The van der Waals surface area contributed by atoms with Crippen molar-refractivity contribution in [1.82, 2.24) is 5.32 Å². The van der Waals surface area contributed by atoms with E-state index >= 15 is 0 Å². The van der Waals surface area contributed by atoms with Gasteiger partial charge in [-0.1, -0.05) is 46.8 Å². The first-order valence-corrected chi connectivity index (χ1v) is 4.69. The highest BCUT2D eigenvalue weighted by Gasteiger charge is 1.73. The van der Waals surface area contributed by atoms with Crippen LogP contribution >= 0.6 is 0 Å². The fourth-order valence-corrected chi connectivity index (χ4v) is 0.246. The van der Waals surface area contributed by atoms with E-state index in [0.717, 1.165) is 12.2 Å². The van der Waals surface area contributed by atoms with Crippen molar-refractivity contribution in [2.24, 2.45) is 0 Å². The van der Waals surface area contributed by atoms with E-state index in [4.69, 9.17) is 0 Å². The van der Waals surface area contributed by atoms with Crippen molar-refractivity contribution >= 4 is 0 Å². The quantitative estimate of drug-likeness (QED) is 0.638. The summed E-state index contributed by atoms with van der Waals surface area (Å²) in [6.45, 7) is 18.1. The molecule has 0 unspecified atom stereocenters. The maximum Gasteiger partial charge on any atom is 0.0324 e. The van der Waals surface area contributed by atoms with Crippen molar-refractivity contribution in [2.45, 2.75) is 41.0 Å². The van der Waals surface area contributed by atoms with E-state index in [2.05, 4.69) is 32.3 Å². The van der Waals surface area contributed by atoms with Crippen LogP contribution in [0, 0.1) is 0 Å². The molecular weight excluding hydrogens is 146 g/mol. The second kappa shape index (κ2) is 22.4. The highest BCUT2D eigenvalue weighted by Crippen LogP contribution is 1.74. The summed E-state index contributed by atoms with van der Waals surface area (Å²) < 4.78 is 0. The monoisotopic (exact) mass is 171 g/mol. The highest BCUT2D eigenvalue weighted by atomic mass is 14.8. The molecular formula is C11H25N. The topological polar surface area (TPSA) is 12.0 Å². The first-order chi connectivity index (χ1) is 5.68. The summed E-state index contributed by atoms with van der Waals surface area (Å²) in [6.07, 6.45) is 3.05. The molecule has 1 heteroatoms. The van der Waals surface area contributed by atoms with Gasteiger partial charge in [0.15, 0.2) is 0 Å². The molecule has 0 aliphatic rings. The molecule has 1 N–H and O–H groups in total. The van der Waals surface area contributed by atoms with Crippen LogP contribution < -0.4 is 5.32 Å². The van der Waals surface area contributed by atoms with Gasteiger partial charge in [0.25, 0.3) is 0 Å². The molecule has 0 saturated carbocycles. The first kappa shape index (κ1) is 17.4. The molecule has 0 bridgehead atoms.